The summed E-state index contributed by atoms with van der Waals surface area (Å²) in [5.41, 5.74) is 1.70. The number of phenolic OH excluding ortho intramolecular Hbond substituents is 1. The summed E-state index contributed by atoms with van der Waals surface area (Å²) in [6.45, 7) is 1.68. The number of amides is 1. The number of phenols is 1. The summed E-state index contributed by atoms with van der Waals surface area (Å²) in [5.74, 6) is -1.53. The average molecular weight is 515 g/mol. The molecular formula is C18H11Br2ClN2O4. The standard InChI is InChI=1S/C18H11Br2ClN2O4/c1-8-11(4-9-5-13(19)16(24)14(20)6-9)17(25)23(22-8)10-2-3-15(21)12(7-10)18(26)27/h2-7,24H,1H3,(H,26,27)/b11-4-. The van der Waals surface area contributed by atoms with Gasteiger partial charge >= 0.3 is 5.97 Å². The first-order chi connectivity index (χ1) is 12.7. The SMILES string of the molecule is CC1=NN(c2ccc(Cl)c(C(=O)O)c2)C(=O)/C1=C\c1cc(Br)c(O)c(Br)c1. The van der Waals surface area contributed by atoms with Crippen molar-refractivity contribution in [1.82, 2.24) is 0 Å². The third-order valence-corrected chi connectivity index (χ3v) is 5.38. The van der Waals surface area contributed by atoms with E-state index in [1.165, 1.54) is 18.2 Å². The lowest BCUT2D eigenvalue weighted by Gasteiger charge is -2.13. The number of nitrogens with zero attached hydrogens (tertiary/aromatic N) is 2. The maximum Gasteiger partial charge on any atom is 0.337 e. The van der Waals surface area contributed by atoms with Gasteiger partial charge in [0.05, 0.1) is 36.5 Å². The Labute approximate surface area is 176 Å². The molecule has 6 nitrogen and oxygen atoms in total. The smallest absolute Gasteiger partial charge is 0.337 e. The lowest BCUT2D eigenvalue weighted by atomic mass is 10.1. The molecule has 138 valence electrons. The molecule has 1 aliphatic rings. The van der Waals surface area contributed by atoms with Gasteiger partial charge < -0.3 is 10.2 Å². The topological polar surface area (TPSA) is 90.2 Å². The minimum atomic E-state index is -1.19. The molecule has 9 heteroatoms. The fraction of sp³-hybridized carbons (Fsp3) is 0.0556. The number of benzene rings is 2. The van der Waals surface area contributed by atoms with Crippen molar-refractivity contribution < 1.29 is 19.8 Å². The van der Waals surface area contributed by atoms with Crippen molar-refractivity contribution in [1.29, 1.82) is 0 Å². The van der Waals surface area contributed by atoms with Crippen LogP contribution in [0.4, 0.5) is 5.69 Å². The Hall–Kier alpha value is -2.16. The summed E-state index contributed by atoms with van der Waals surface area (Å²) in [6.07, 6.45) is 1.64. The Balaban J connectivity index is 2.00. The Bertz CT molecular complexity index is 1030. The van der Waals surface area contributed by atoms with Gasteiger partial charge in [-0.3, -0.25) is 4.79 Å². The number of halogens is 3. The molecule has 1 amide bonds. The van der Waals surface area contributed by atoms with Crippen molar-refractivity contribution >= 4 is 72.8 Å². The van der Waals surface area contributed by atoms with Crippen LogP contribution in [-0.2, 0) is 4.79 Å². The zero-order valence-corrected chi connectivity index (χ0v) is 17.6. The number of carboxylic acid groups (broad SMARTS) is 1. The molecular weight excluding hydrogens is 503 g/mol. The molecule has 0 saturated carbocycles. The number of hydrogen-bond donors (Lipinski definition) is 2. The molecule has 2 N–H and O–H groups in total. The molecule has 0 saturated heterocycles. The predicted molar refractivity (Wildman–Crippen MR) is 110 cm³/mol. The second kappa shape index (κ2) is 7.46. The van der Waals surface area contributed by atoms with Gasteiger partial charge in [-0.05, 0) is 80.8 Å². The van der Waals surface area contributed by atoms with Crippen LogP contribution in [0, 0.1) is 0 Å². The maximum absolute atomic E-state index is 12.8. The van der Waals surface area contributed by atoms with Gasteiger partial charge in [0, 0.05) is 0 Å². The van der Waals surface area contributed by atoms with Crippen LogP contribution < -0.4 is 5.01 Å². The third kappa shape index (κ3) is 3.78. The molecule has 1 heterocycles. The first-order valence-electron chi connectivity index (χ1n) is 7.51. The second-order valence-corrected chi connectivity index (χ2v) is 7.78. The van der Waals surface area contributed by atoms with Crippen LogP contribution in [0.2, 0.25) is 5.02 Å². The number of carbonyl (C=O) groups is 2. The lowest BCUT2D eigenvalue weighted by Crippen LogP contribution is -2.21. The van der Waals surface area contributed by atoms with Crippen molar-refractivity contribution in [2.75, 3.05) is 5.01 Å². The molecule has 2 aromatic rings. The quantitative estimate of drug-likeness (QED) is 0.560. The highest BCUT2D eigenvalue weighted by molar-refractivity contribution is 9.11. The highest BCUT2D eigenvalue weighted by Crippen LogP contribution is 2.35. The monoisotopic (exact) mass is 512 g/mol. The van der Waals surface area contributed by atoms with Crippen LogP contribution in [0.3, 0.4) is 0 Å². The van der Waals surface area contributed by atoms with Gasteiger partial charge in [-0.25, -0.2) is 4.79 Å². The molecule has 0 atom stereocenters. The highest BCUT2D eigenvalue weighted by Gasteiger charge is 2.29. The third-order valence-electron chi connectivity index (χ3n) is 3.84. The predicted octanol–water partition coefficient (Wildman–Crippen LogP) is 5.07. The number of rotatable bonds is 3. The molecule has 0 radical (unpaired) electrons. The fourth-order valence-electron chi connectivity index (χ4n) is 2.50. The van der Waals surface area contributed by atoms with E-state index in [9.17, 15) is 19.8 Å². The number of carbonyl (C=O) groups excluding carboxylic acids is 1. The van der Waals surface area contributed by atoms with E-state index in [4.69, 9.17) is 11.6 Å². The van der Waals surface area contributed by atoms with Gasteiger partial charge in [0.2, 0.25) is 0 Å². The maximum atomic E-state index is 12.8. The van der Waals surface area contributed by atoms with Crippen molar-refractivity contribution in [3.8, 4) is 5.75 Å². The molecule has 0 aliphatic carbocycles. The first-order valence-corrected chi connectivity index (χ1v) is 9.48. The minimum absolute atomic E-state index is 0.0595. The van der Waals surface area contributed by atoms with E-state index >= 15 is 0 Å². The van der Waals surface area contributed by atoms with E-state index in [1.807, 2.05) is 0 Å². The van der Waals surface area contributed by atoms with Gasteiger partial charge in [-0.15, -0.1) is 0 Å². The van der Waals surface area contributed by atoms with Crippen molar-refractivity contribution in [2.24, 2.45) is 5.10 Å². The van der Waals surface area contributed by atoms with E-state index in [2.05, 4.69) is 37.0 Å². The summed E-state index contributed by atoms with van der Waals surface area (Å²) < 4.78 is 0.953. The van der Waals surface area contributed by atoms with Gasteiger partial charge in [0.1, 0.15) is 5.75 Å². The molecule has 2 aromatic carbocycles. The van der Waals surface area contributed by atoms with Crippen LogP contribution in [0.15, 0.2) is 50.0 Å². The largest absolute Gasteiger partial charge is 0.506 e. The first kappa shape index (κ1) is 19.6. The van der Waals surface area contributed by atoms with Crippen LogP contribution in [0.5, 0.6) is 5.75 Å². The molecule has 0 fully saturated rings. The second-order valence-electron chi connectivity index (χ2n) is 5.66. The lowest BCUT2D eigenvalue weighted by molar-refractivity contribution is -0.114. The Morgan fingerprint density at radius 2 is 1.85 bits per heavy atom. The number of hydrogen-bond acceptors (Lipinski definition) is 4. The number of aromatic hydroxyl groups is 1. The van der Waals surface area contributed by atoms with Crippen molar-refractivity contribution in [3.05, 3.63) is 61.0 Å². The fourth-order valence-corrected chi connectivity index (χ4v) is 3.92. The Morgan fingerprint density at radius 1 is 1.22 bits per heavy atom. The summed E-state index contributed by atoms with van der Waals surface area (Å²) in [7, 11) is 0. The number of carboxylic acids is 1. The minimum Gasteiger partial charge on any atom is -0.506 e. The Kier molecular flexibility index (Phi) is 5.41. The van der Waals surface area contributed by atoms with E-state index < -0.39 is 11.9 Å². The molecule has 0 bridgehead atoms. The van der Waals surface area contributed by atoms with Crippen LogP contribution in [0.25, 0.3) is 6.08 Å². The summed E-state index contributed by atoms with van der Waals surface area (Å²) in [6, 6.07) is 7.58. The van der Waals surface area contributed by atoms with Crippen LogP contribution in [0.1, 0.15) is 22.8 Å². The molecule has 3 rings (SSSR count). The molecule has 0 unspecified atom stereocenters. The van der Waals surface area contributed by atoms with Gasteiger partial charge in [0.15, 0.2) is 0 Å². The van der Waals surface area contributed by atoms with E-state index in [0.717, 1.165) is 5.01 Å². The average Bonchev–Trinajstić information content (AvgIpc) is 2.88. The van der Waals surface area contributed by atoms with Crippen molar-refractivity contribution in [2.45, 2.75) is 6.92 Å². The molecule has 0 spiro atoms. The van der Waals surface area contributed by atoms with E-state index in [-0.39, 0.29) is 16.3 Å². The van der Waals surface area contributed by atoms with E-state index in [1.54, 1.807) is 25.1 Å². The number of anilines is 1. The van der Waals surface area contributed by atoms with Crippen LogP contribution in [-0.4, -0.2) is 27.8 Å². The highest BCUT2D eigenvalue weighted by atomic mass is 79.9. The molecule has 27 heavy (non-hydrogen) atoms. The molecule has 1 aliphatic heterocycles. The zero-order valence-electron chi connectivity index (χ0n) is 13.7. The number of aromatic carboxylic acids is 1. The summed E-state index contributed by atoms with van der Waals surface area (Å²) in [5, 5.41) is 24.5. The zero-order chi connectivity index (χ0) is 19.9. The van der Waals surface area contributed by atoms with E-state index in [0.29, 0.717) is 31.5 Å². The summed E-state index contributed by atoms with van der Waals surface area (Å²) in [4.78, 5) is 24.1. The van der Waals surface area contributed by atoms with Gasteiger partial charge in [-0.2, -0.15) is 10.1 Å². The van der Waals surface area contributed by atoms with Gasteiger partial charge in [-0.1, -0.05) is 11.6 Å². The van der Waals surface area contributed by atoms with Crippen molar-refractivity contribution in [3.63, 3.8) is 0 Å². The summed E-state index contributed by atoms with van der Waals surface area (Å²) >= 11 is 12.4. The number of hydrazone groups is 1. The Morgan fingerprint density at radius 3 is 2.44 bits per heavy atom. The molecule has 0 aromatic heterocycles. The van der Waals surface area contributed by atoms with Gasteiger partial charge in [0.25, 0.3) is 5.91 Å². The normalized spacial score (nSPS) is 15.4. The van der Waals surface area contributed by atoms with Crippen LogP contribution >= 0.6 is 43.5 Å².